The van der Waals surface area contributed by atoms with E-state index < -0.39 is 0 Å². The summed E-state index contributed by atoms with van der Waals surface area (Å²) in [6.45, 7) is 5.29. The maximum atomic E-state index is 12.3. The fourth-order valence-electron chi connectivity index (χ4n) is 4.66. The summed E-state index contributed by atoms with van der Waals surface area (Å²) in [5.74, 6) is 0.190. The summed E-state index contributed by atoms with van der Waals surface area (Å²) in [6.07, 6.45) is 30.0. The molecule has 1 atom stereocenters. The van der Waals surface area contributed by atoms with Gasteiger partial charge in [-0.05, 0) is 50.5 Å². The average molecular weight is 499 g/mol. The van der Waals surface area contributed by atoms with Crippen LogP contribution < -0.4 is 10.6 Å². The van der Waals surface area contributed by atoms with Crippen molar-refractivity contribution in [3.63, 3.8) is 0 Å². The molecule has 0 fully saturated rings. The zero-order valence-corrected chi connectivity index (χ0v) is 23.9. The van der Waals surface area contributed by atoms with E-state index in [1.165, 1.54) is 108 Å². The number of carbonyl (C=O) groups is 1. The summed E-state index contributed by atoms with van der Waals surface area (Å²) in [4.78, 5) is 12.3. The van der Waals surface area contributed by atoms with Crippen LogP contribution in [0.1, 0.15) is 141 Å². The van der Waals surface area contributed by atoms with Gasteiger partial charge in [-0.15, -0.1) is 0 Å². The van der Waals surface area contributed by atoms with Gasteiger partial charge in [0.2, 0.25) is 5.91 Å². The summed E-state index contributed by atoms with van der Waals surface area (Å²) in [5.41, 5.74) is 1.33. The topological polar surface area (TPSA) is 41.1 Å². The van der Waals surface area contributed by atoms with Gasteiger partial charge in [0.1, 0.15) is 0 Å². The molecule has 1 aromatic rings. The summed E-state index contributed by atoms with van der Waals surface area (Å²) >= 11 is 0. The molecule has 0 saturated heterocycles. The van der Waals surface area contributed by atoms with Crippen LogP contribution in [-0.2, 0) is 11.2 Å². The minimum absolute atomic E-state index is 0.0806. The average Bonchev–Trinajstić information content (AvgIpc) is 2.90. The van der Waals surface area contributed by atoms with E-state index in [1.807, 2.05) is 6.07 Å². The highest BCUT2D eigenvalue weighted by Gasteiger charge is 2.09. The van der Waals surface area contributed by atoms with Gasteiger partial charge >= 0.3 is 0 Å². The van der Waals surface area contributed by atoms with Crippen LogP contribution in [-0.4, -0.2) is 18.6 Å². The van der Waals surface area contributed by atoms with Gasteiger partial charge in [-0.1, -0.05) is 133 Å². The van der Waals surface area contributed by atoms with Gasteiger partial charge in [0, 0.05) is 13.0 Å². The molecule has 2 N–H and O–H groups in total. The molecule has 3 heteroatoms. The summed E-state index contributed by atoms with van der Waals surface area (Å²) < 4.78 is 0. The molecule has 0 aliphatic rings. The van der Waals surface area contributed by atoms with Crippen molar-refractivity contribution in [1.82, 2.24) is 10.6 Å². The maximum absolute atomic E-state index is 12.3. The number of rotatable bonds is 25. The van der Waals surface area contributed by atoms with Crippen LogP contribution in [0.25, 0.3) is 0 Å². The second kappa shape index (κ2) is 25.1. The number of hydrogen-bond acceptors (Lipinski definition) is 2. The molecule has 0 aliphatic carbocycles. The van der Waals surface area contributed by atoms with E-state index >= 15 is 0 Å². The van der Waals surface area contributed by atoms with E-state index in [9.17, 15) is 4.79 Å². The Morgan fingerprint density at radius 1 is 0.722 bits per heavy atom. The Bertz CT molecular complexity index is 628. The van der Waals surface area contributed by atoms with E-state index in [4.69, 9.17) is 0 Å². The highest BCUT2D eigenvalue weighted by Crippen LogP contribution is 2.12. The Kier molecular flexibility index (Phi) is 22.6. The van der Waals surface area contributed by atoms with Crippen molar-refractivity contribution in [2.45, 2.75) is 148 Å². The number of carbonyl (C=O) groups excluding carboxylic acids is 1. The molecule has 3 nitrogen and oxygen atoms in total. The molecule has 0 saturated carbocycles. The quantitative estimate of drug-likeness (QED) is 0.0801. The third-order valence-corrected chi connectivity index (χ3v) is 7.06. The van der Waals surface area contributed by atoms with E-state index in [1.54, 1.807) is 0 Å². The number of allylic oxidation sites excluding steroid dienone is 2. The van der Waals surface area contributed by atoms with Gasteiger partial charge in [0.05, 0.1) is 6.17 Å². The molecule has 1 unspecified atom stereocenters. The van der Waals surface area contributed by atoms with Crippen LogP contribution in [0, 0.1) is 0 Å². The number of nitrogens with one attached hydrogen (secondary N) is 2. The lowest BCUT2D eigenvalue weighted by atomic mass is 10.1. The van der Waals surface area contributed by atoms with Crippen molar-refractivity contribution in [2.24, 2.45) is 0 Å². The van der Waals surface area contributed by atoms with E-state index in [0.29, 0.717) is 6.42 Å². The van der Waals surface area contributed by atoms with Crippen LogP contribution in [0.4, 0.5) is 0 Å². The second-order valence-corrected chi connectivity index (χ2v) is 10.5. The fraction of sp³-hybridized carbons (Fsp3) is 0.727. The van der Waals surface area contributed by atoms with Crippen molar-refractivity contribution >= 4 is 5.91 Å². The van der Waals surface area contributed by atoms with Gasteiger partial charge in [-0.3, -0.25) is 10.1 Å². The largest absolute Gasteiger partial charge is 0.341 e. The summed E-state index contributed by atoms with van der Waals surface area (Å²) in [6, 6.07) is 10.5. The smallest absolute Gasteiger partial charge is 0.221 e. The predicted molar refractivity (Wildman–Crippen MR) is 158 cm³/mol. The van der Waals surface area contributed by atoms with Crippen molar-refractivity contribution in [3.8, 4) is 0 Å². The van der Waals surface area contributed by atoms with Crippen LogP contribution in [0.5, 0.6) is 0 Å². The molecular weight excluding hydrogens is 440 g/mol. The molecule has 0 heterocycles. The molecule has 36 heavy (non-hydrogen) atoms. The molecule has 0 spiro atoms. The van der Waals surface area contributed by atoms with Crippen LogP contribution in [0.2, 0.25) is 0 Å². The van der Waals surface area contributed by atoms with Crippen molar-refractivity contribution in [3.05, 3.63) is 48.0 Å². The second-order valence-electron chi connectivity index (χ2n) is 10.5. The molecule has 0 aromatic heterocycles. The SMILES string of the molecule is CCCCCCCC/C=C\CCCCCCCCCCCC(=O)NC(CC)NCCc1ccccc1. The molecule has 1 rings (SSSR count). The Hall–Kier alpha value is -1.61. The minimum atomic E-state index is 0.0806. The molecule has 206 valence electrons. The molecule has 0 bridgehead atoms. The Morgan fingerprint density at radius 3 is 1.81 bits per heavy atom. The summed E-state index contributed by atoms with van der Waals surface area (Å²) in [7, 11) is 0. The zero-order valence-electron chi connectivity index (χ0n) is 23.9. The molecule has 0 aliphatic heterocycles. The lowest BCUT2D eigenvalue weighted by Gasteiger charge is -2.18. The first-order valence-corrected chi connectivity index (χ1v) is 15.5. The molecule has 0 radical (unpaired) electrons. The highest BCUT2D eigenvalue weighted by molar-refractivity contribution is 5.76. The fourth-order valence-corrected chi connectivity index (χ4v) is 4.66. The van der Waals surface area contributed by atoms with E-state index in [-0.39, 0.29) is 12.1 Å². The van der Waals surface area contributed by atoms with Crippen molar-refractivity contribution in [1.29, 1.82) is 0 Å². The van der Waals surface area contributed by atoms with Gasteiger partial charge in [-0.2, -0.15) is 0 Å². The first kappa shape index (κ1) is 32.4. The lowest BCUT2D eigenvalue weighted by molar-refractivity contribution is -0.122. The Labute approximate surface area is 224 Å². The standard InChI is InChI=1S/C33H58N2O/c1-3-5-6-7-8-9-10-11-12-13-14-15-16-17-18-19-20-21-25-28-33(36)35-32(4-2)34-30-29-31-26-23-22-24-27-31/h11-12,22-24,26-27,32,34H,3-10,13-21,25,28-30H2,1-2H3,(H,35,36)/b12-11-. The van der Waals surface area contributed by atoms with Crippen LogP contribution in [0.3, 0.4) is 0 Å². The van der Waals surface area contributed by atoms with E-state index in [0.717, 1.165) is 25.8 Å². The molecule has 1 amide bonds. The number of amides is 1. The first-order valence-electron chi connectivity index (χ1n) is 15.5. The third kappa shape index (κ3) is 20.6. The molecule has 1 aromatic carbocycles. The number of hydrogen-bond donors (Lipinski definition) is 2. The predicted octanol–water partition coefficient (Wildman–Crippen LogP) is 9.27. The van der Waals surface area contributed by atoms with Crippen LogP contribution >= 0.6 is 0 Å². The van der Waals surface area contributed by atoms with Crippen LogP contribution in [0.15, 0.2) is 42.5 Å². The van der Waals surface area contributed by atoms with Gasteiger partial charge in [0.15, 0.2) is 0 Å². The monoisotopic (exact) mass is 498 g/mol. The number of benzene rings is 1. The summed E-state index contributed by atoms with van der Waals surface area (Å²) in [5, 5.41) is 6.63. The molecular formula is C33H58N2O. The van der Waals surface area contributed by atoms with E-state index in [2.05, 4.69) is 60.9 Å². The third-order valence-electron chi connectivity index (χ3n) is 7.06. The number of unbranched alkanes of at least 4 members (excludes halogenated alkanes) is 15. The zero-order chi connectivity index (χ0) is 25.9. The van der Waals surface area contributed by atoms with Gasteiger partial charge < -0.3 is 5.32 Å². The normalized spacial score (nSPS) is 12.3. The van der Waals surface area contributed by atoms with Gasteiger partial charge in [-0.25, -0.2) is 0 Å². The van der Waals surface area contributed by atoms with Crippen molar-refractivity contribution < 1.29 is 4.79 Å². The maximum Gasteiger partial charge on any atom is 0.221 e. The Morgan fingerprint density at radius 2 is 1.25 bits per heavy atom. The highest BCUT2D eigenvalue weighted by atomic mass is 16.1. The minimum Gasteiger partial charge on any atom is -0.341 e. The first-order chi connectivity index (χ1) is 17.8. The lowest BCUT2D eigenvalue weighted by Crippen LogP contribution is -2.45. The Balaban J connectivity index is 1.84. The van der Waals surface area contributed by atoms with Crippen molar-refractivity contribution in [2.75, 3.05) is 6.54 Å². The van der Waals surface area contributed by atoms with Gasteiger partial charge in [0.25, 0.3) is 0 Å².